The van der Waals surface area contributed by atoms with E-state index in [1.807, 2.05) is 30.3 Å². The summed E-state index contributed by atoms with van der Waals surface area (Å²) in [6.45, 7) is 10.5. The monoisotopic (exact) mass is 640 g/mol. The number of hydrogen-bond acceptors (Lipinski definition) is 3. The number of nitrogens with zero attached hydrogens (tertiary/aromatic N) is 3. The fourth-order valence-corrected chi connectivity index (χ4v) is 6.11. The van der Waals surface area contributed by atoms with Gasteiger partial charge in [-0.15, -0.1) is 37.2 Å². The standard InChI is InChI=1S/C31H34Cl2N4.3ClH/c1-21(2)29(28-22(3)34-31(35-28)23-11-5-4-6-12-23)36-17-19-37(20-18-36)30(24-13-7-9-15-26(24)32)25-14-8-10-16-27(25)33;;;/h4-16,21,29-30H,17-20H2,1-3H3,(H,34,35);3*1H. The maximum absolute atomic E-state index is 6.72. The lowest BCUT2D eigenvalue weighted by Gasteiger charge is -2.43. The smallest absolute Gasteiger partial charge is 0.137 e. The minimum atomic E-state index is 0. The van der Waals surface area contributed by atoms with E-state index in [4.69, 9.17) is 28.2 Å². The average molecular weight is 643 g/mol. The Hall–Kier alpha value is -1.76. The summed E-state index contributed by atoms with van der Waals surface area (Å²) >= 11 is 13.4. The fraction of sp³-hybridized carbons (Fsp3) is 0.323. The van der Waals surface area contributed by atoms with Crippen LogP contribution in [0.4, 0.5) is 0 Å². The van der Waals surface area contributed by atoms with Crippen LogP contribution in [0.3, 0.4) is 0 Å². The van der Waals surface area contributed by atoms with E-state index in [0.29, 0.717) is 5.92 Å². The molecule has 4 aromatic rings. The molecule has 1 saturated heterocycles. The highest BCUT2D eigenvalue weighted by Crippen LogP contribution is 2.39. The summed E-state index contributed by atoms with van der Waals surface area (Å²) in [5.41, 5.74) is 5.61. The van der Waals surface area contributed by atoms with Crippen LogP contribution in [0, 0.1) is 12.8 Å². The highest BCUT2D eigenvalue weighted by atomic mass is 35.5. The van der Waals surface area contributed by atoms with Crippen molar-refractivity contribution in [2.45, 2.75) is 32.9 Å². The number of aromatic nitrogens is 2. The first-order valence-corrected chi connectivity index (χ1v) is 13.8. The predicted molar refractivity (Wildman–Crippen MR) is 176 cm³/mol. The first-order valence-electron chi connectivity index (χ1n) is 13.0. The second kappa shape index (κ2) is 15.5. The number of aromatic amines is 1. The van der Waals surface area contributed by atoms with Crippen LogP contribution in [-0.4, -0.2) is 45.9 Å². The van der Waals surface area contributed by atoms with E-state index in [2.05, 4.69) is 84.1 Å². The molecular weight excluding hydrogens is 606 g/mol. The van der Waals surface area contributed by atoms with Crippen LogP contribution in [0.25, 0.3) is 11.4 Å². The van der Waals surface area contributed by atoms with Crippen molar-refractivity contribution in [3.05, 3.63) is 111 Å². The molecule has 1 atom stereocenters. The van der Waals surface area contributed by atoms with Crippen molar-refractivity contribution in [2.24, 2.45) is 5.92 Å². The lowest BCUT2D eigenvalue weighted by atomic mass is 9.94. The van der Waals surface area contributed by atoms with Gasteiger partial charge in [-0.2, -0.15) is 0 Å². The van der Waals surface area contributed by atoms with Gasteiger partial charge >= 0.3 is 0 Å². The molecular formula is C31H37Cl5N4. The number of piperazine rings is 1. The van der Waals surface area contributed by atoms with Crippen molar-refractivity contribution in [3.63, 3.8) is 0 Å². The van der Waals surface area contributed by atoms with Crippen LogP contribution in [0.1, 0.15) is 48.4 Å². The van der Waals surface area contributed by atoms with Crippen molar-refractivity contribution < 1.29 is 0 Å². The second-order valence-corrected chi connectivity index (χ2v) is 11.0. The Morgan fingerprint density at radius 3 is 1.68 bits per heavy atom. The normalized spacial score (nSPS) is 14.8. The topological polar surface area (TPSA) is 35.2 Å². The molecule has 1 aromatic heterocycles. The van der Waals surface area contributed by atoms with Crippen LogP contribution in [0.5, 0.6) is 0 Å². The summed E-state index contributed by atoms with van der Waals surface area (Å²) in [5.74, 6) is 1.37. The zero-order valence-corrected chi connectivity index (χ0v) is 26.8. The Balaban J connectivity index is 0.00000187. The molecule has 1 fully saturated rings. The van der Waals surface area contributed by atoms with Gasteiger partial charge in [0.05, 0.1) is 17.8 Å². The van der Waals surface area contributed by atoms with E-state index < -0.39 is 0 Å². The molecule has 1 aliphatic heterocycles. The molecule has 5 rings (SSSR count). The fourth-order valence-electron chi connectivity index (χ4n) is 5.63. The highest BCUT2D eigenvalue weighted by molar-refractivity contribution is 6.32. The SMILES string of the molecule is Cc1[nH]c(-c2ccccc2)nc1C(C(C)C)N1CCN(C(c2ccccc2Cl)c2ccccc2Cl)CC1.Cl.Cl.Cl. The Morgan fingerprint density at radius 2 is 1.18 bits per heavy atom. The third kappa shape index (κ3) is 7.35. The summed E-state index contributed by atoms with van der Waals surface area (Å²) in [7, 11) is 0. The summed E-state index contributed by atoms with van der Waals surface area (Å²) in [6.07, 6.45) is 0. The minimum Gasteiger partial charge on any atom is -0.342 e. The summed E-state index contributed by atoms with van der Waals surface area (Å²) in [5, 5.41) is 1.55. The lowest BCUT2D eigenvalue weighted by Crippen LogP contribution is -2.50. The van der Waals surface area contributed by atoms with Crippen LogP contribution < -0.4 is 0 Å². The molecule has 2 heterocycles. The first-order chi connectivity index (χ1) is 17.9. The van der Waals surface area contributed by atoms with Gasteiger partial charge < -0.3 is 4.98 Å². The highest BCUT2D eigenvalue weighted by Gasteiger charge is 2.34. The van der Waals surface area contributed by atoms with E-state index in [-0.39, 0.29) is 49.3 Å². The van der Waals surface area contributed by atoms with Crippen LogP contribution in [-0.2, 0) is 0 Å². The molecule has 0 spiro atoms. The molecule has 0 bridgehead atoms. The van der Waals surface area contributed by atoms with E-state index >= 15 is 0 Å². The molecule has 1 aliphatic rings. The minimum absolute atomic E-state index is 0. The number of H-pyrrole nitrogens is 1. The molecule has 0 amide bonds. The molecule has 0 aliphatic carbocycles. The summed E-state index contributed by atoms with van der Waals surface area (Å²) in [6, 6.07) is 26.9. The quantitative estimate of drug-likeness (QED) is 0.219. The van der Waals surface area contributed by atoms with E-state index in [1.165, 1.54) is 0 Å². The second-order valence-electron chi connectivity index (χ2n) is 10.2. The maximum atomic E-state index is 6.72. The van der Waals surface area contributed by atoms with Crippen LogP contribution in [0.2, 0.25) is 10.0 Å². The first kappa shape index (κ1) is 34.4. The van der Waals surface area contributed by atoms with Gasteiger partial charge in [-0.1, -0.05) is 104 Å². The van der Waals surface area contributed by atoms with Gasteiger partial charge in [0.1, 0.15) is 5.82 Å². The molecule has 1 N–H and O–H groups in total. The largest absolute Gasteiger partial charge is 0.342 e. The molecule has 0 radical (unpaired) electrons. The van der Waals surface area contributed by atoms with Crippen LogP contribution in [0.15, 0.2) is 78.9 Å². The Morgan fingerprint density at radius 1 is 0.700 bits per heavy atom. The van der Waals surface area contributed by atoms with E-state index in [0.717, 1.165) is 70.1 Å². The third-order valence-electron chi connectivity index (χ3n) is 7.39. The zero-order valence-electron chi connectivity index (χ0n) is 22.9. The summed E-state index contributed by atoms with van der Waals surface area (Å²) in [4.78, 5) is 13.8. The van der Waals surface area contributed by atoms with Crippen molar-refractivity contribution in [2.75, 3.05) is 26.2 Å². The maximum Gasteiger partial charge on any atom is 0.137 e. The molecule has 216 valence electrons. The van der Waals surface area contributed by atoms with E-state index in [9.17, 15) is 0 Å². The van der Waals surface area contributed by atoms with Gasteiger partial charge in [0, 0.05) is 47.5 Å². The number of aryl methyl sites for hydroxylation is 1. The molecule has 0 saturated carbocycles. The van der Waals surface area contributed by atoms with E-state index in [1.54, 1.807) is 0 Å². The molecule has 3 aromatic carbocycles. The number of hydrogen-bond donors (Lipinski definition) is 1. The van der Waals surface area contributed by atoms with Gasteiger partial charge in [-0.3, -0.25) is 9.80 Å². The number of benzene rings is 3. The zero-order chi connectivity index (χ0) is 25.9. The van der Waals surface area contributed by atoms with Gasteiger partial charge in [0.25, 0.3) is 0 Å². The Kier molecular flexibility index (Phi) is 13.3. The molecule has 1 unspecified atom stereocenters. The number of rotatable bonds is 7. The molecule has 40 heavy (non-hydrogen) atoms. The predicted octanol–water partition coefficient (Wildman–Crippen LogP) is 9.06. The van der Waals surface area contributed by atoms with Crippen molar-refractivity contribution in [3.8, 4) is 11.4 Å². The molecule has 4 nitrogen and oxygen atoms in total. The van der Waals surface area contributed by atoms with Gasteiger partial charge in [0.2, 0.25) is 0 Å². The number of imidazole rings is 1. The Bertz CT molecular complexity index is 1290. The summed E-state index contributed by atoms with van der Waals surface area (Å²) < 4.78 is 0. The Labute approximate surface area is 266 Å². The number of halogens is 5. The van der Waals surface area contributed by atoms with Crippen molar-refractivity contribution in [1.29, 1.82) is 0 Å². The number of nitrogens with one attached hydrogen (secondary N) is 1. The lowest BCUT2D eigenvalue weighted by molar-refractivity contribution is 0.0599. The van der Waals surface area contributed by atoms with Crippen molar-refractivity contribution in [1.82, 2.24) is 19.8 Å². The molecule has 9 heteroatoms. The average Bonchev–Trinajstić information content (AvgIpc) is 3.28. The third-order valence-corrected chi connectivity index (χ3v) is 8.08. The van der Waals surface area contributed by atoms with Gasteiger partial charge in [0.15, 0.2) is 0 Å². The van der Waals surface area contributed by atoms with Crippen LogP contribution >= 0.6 is 60.4 Å². The van der Waals surface area contributed by atoms with Gasteiger partial charge in [-0.25, -0.2) is 4.98 Å². The van der Waals surface area contributed by atoms with Gasteiger partial charge in [-0.05, 0) is 36.1 Å². The van der Waals surface area contributed by atoms with Crippen molar-refractivity contribution >= 4 is 60.4 Å².